The van der Waals surface area contributed by atoms with Crippen LogP contribution in [0.2, 0.25) is 0 Å². The molecule has 0 heterocycles. The minimum Gasteiger partial charge on any atom is -0.195 e. The maximum atomic E-state index is 10.4. The van der Waals surface area contributed by atoms with Gasteiger partial charge in [-0.15, -0.1) is 11.7 Å². The van der Waals surface area contributed by atoms with Crippen molar-refractivity contribution in [2.45, 2.75) is 0 Å². The van der Waals surface area contributed by atoms with E-state index in [4.69, 9.17) is 0 Å². The number of rotatable bonds is 1. The molecule has 0 N–H and O–H groups in total. The van der Waals surface area contributed by atoms with E-state index < -0.39 is 11.2 Å². The molecule has 0 spiro atoms. The number of para-hydroxylation sites is 1. The Balaban J connectivity index is 0.000000292. The largest absolute Gasteiger partial charge is 0.206 e. The molecule has 1 aromatic carbocycles. The van der Waals surface area contributed by atoms with Gasteiger partial charge in [0.2, 0.25) is 11.2 Å². The molecule has 78 valence electrons. The van der Waals surface area contributed by atoms with E-state index in [0.29, 0.717) is 0 Å². The van der Waals surface area contributed by atoms with Crippen molar-refractivity contribution in [1.29, 1.82) is 0 Å². The van der Waals surface area contributed by atoms with Gasteiger partial charge in [-0.25, -0.2) is 0 Å². The number of halogens is 3. The van der Waals surface area contributed by atoms with Crippen LogP contribution in [0.1, 0.15) is 0 Å². The highest BCUT2D eigenvalue weighted by molar-refractivity contribution is 8.20. The second-order valence-corrected chi connectivity index (χ2v) is 3.63. The van der Waals surface area contributed by atoms with Gasteiger partial charge in [0.1, 0.15) is 0 Å². The van der Waals surface area contributed by atoms with Crippen LogP contribution >= 0.6 is 23.4 Å². The molecule has 0 radical (unpaired) electrons. The lowest BCUT2D eigenvalue weighted by Crippen LogP contribution is -1.58. The van der Waals surface area contributed by atoms with Crippen LogP contribution in [-0.2, 0) is 0 Å². The van der Waals surface area contributed by atoms with E-state index in [1.165, 1.54) is 0 Å². The van der Waals surface area contributed by atoms with Crippen LogP contribution in [-0.4, -0.2) is 11.4 Å². The molecule has 0 saturated carbocycles. The summed E-state index contributed by atoms with van der Waals surface area (Å²) >= 11 is -0.249. The predicted octanol–water partition coefficient (Wildman–Crippen LogP) is 4.50. The van der Waals surface area contributed by atoms with Crippen LogP contribution in [0.15, 0.2) is 35.3 Å². The van der Waals surface area contributed by atoms with Crippen molar-refractivity contribution in [2.24, 2.45) is 4.99 Å². The monoisotopic (exact) mass is 239 g/mol. The Morgan fingerprint density at radius 2 is 1.64 bits per heavy atom. The van der Waals surface area contributed by atoms with Gasteiger partial charge in [0.25, 0.3) is 0 Å². The summed E-state index contributed by atoms with van der Waals surface area (Å²) in [5.41, 5.74) is 0.854. The van der Waals surface area contributed by atoms with Crippen molar-refractivity contribution in [1.82, 2.24) is 0 Å². The summed E-state index contributed by atoms with van der Waals surface area (Å²) in [7, 11) is 0. The predicted molar refractivity (Wildman–Crippen MR) is 58.0 cm³/mol. The first-order chi connectivity index (χ1) is 6.43. The molecule has 1 aromatic rings. The van der Waals surface area contributed by atoms with Gasteiger partial charge in [-0.2, -0.15) is 4.99 Å². The molecule has 0 saturated heterocycles. The number of nitrogens with zero attached hydrogens (tertiary/aromatic N) is 1. The van der Waals surface area contributed by atoms with Crippen molar-refractivity contribution in [3.63, 3.8) is 0 Å². The highest BCUT2D eigenvalue weighted by Gasteiger charge is 2.07. The second kappa shape index (κ2) is 6.59. The van der Waals surface area contributed by atoms with E-state index in [9.17, 15) is 11.7 Å². The topological polar surface area (TPSA) is 12.4 Å². The van der Waals surface area contributed by atoms with Crippen LogP contribution in [0.5, 0.6) is 0 Å². The third kappa shape index (κ3) is 11.2. The summed E-state index contributed by atoms with van der Waals surface area (Å²) in [4.78, 5) is 3.77. The molecule has 0 aliphatic heterocycles. The normalized spacial score (nSPS) is 10.6. The summed E-state index contributed by atoms with van der Waals surface area (Å²) in [5, 5.41) is 2.29. The summed E-state index contributed by atoms with van der Waals surface area (Å²) in [6.07, 6.45) is 0.271. The number of hydrogen-bond donors (Lipinski definition) is 0. The number of isothiocyanates is 1. The quantitative estimate of drug-likeness (QED) is 0.519. The zero-order valence-corrected chi connectivity index (χ0v) is 8.92. The Morgan fingerprint density at radius 1 is 1.21 bits per heavy atom. The second-order valence-electron chi connectivity index (χ2n) is 2.18. The summed E-state index contributed by atoms with van der Waals surface area (Å²) in [6, 6.07) is 9.50. The first kappa shape index (κ1) is 13.2. The highest BCUT2D eigenvalue weighted by Crippen LogP contribution is 2.48. The van der Waals surface area contributed by atoms with Crippen molar-refractivity contribution in [2.75, 3.05) is 6.26 Å². The smallest absolute Gasteiger partial charge is 0.195 e. The Morgan fingerprint density at radius 3 is 2.00 bits per heavy atom. The van der Waals surface area contributed by atoms with Crippen molar-refractivity contribution in [3.05, 3.63) is 30.3 Å². The average molecular weight is 239 g/mol. The van der Waals surface area contributed by atoms with Gasteiger partial charge in [0.15, 0.2) is 0 Å². The lowest BCUT2D eigenvalue weighted by Gasteiger charge is -1.94. The van der Waals surface area contributed by atoms with Crippen LogP contribution < -0.4 is 0 Å². The fourth-order valence-electron chi connectivity index (χ4n) is 0.555. The van der Waals surface area contributed by atoms with Crippen molar-refractivity contribution < 1.29 is 11.7 Å². The zero-order chi connectivity index (χ0) is 11.0. The summed E-state index contributed by atoms with van der Waals surface area (Å²) < 4.78 is 31.3. The number of benzene rings is 1. The van der Waals surface area contributed by atoms with Gasteiger partial charge in [-0.05, 0) is 24.4 Å². The maximum absolute atomic E-state index is 10.4. The first-order valence-electron chi connectivity index (χ1n) is 3.43. The first-order valence-corrected chi connectivity index (χ1v) is 5.58. The van der Waals surface area contributed by atoms with Crippen LogP contribution in [0.4, 0.5) is 17.3 Å². The van der Waals surface area contributed by atoms with Gasteiger partial charge in [-0.1, -0.05) is 18.2 Å². The van der Waals surface area contributed by atoms with Crippen molar-refractivity contribution >= 4 is 34.3 Å². The lowest BCUT2D eigenvalue weighted by atomic mass is 10.3. The third-order valence-electron chi connectivity index (χ3n) is 0.931. The molecule has 0 aromatic heterocycles. The SMILES string of the molecule is CS(F)(F)F.S=C=Nc1ccccc1. The highest BCUT2D eigenvalue weighted by atomic mass is 32.3. The lowest BCUT2D eigenvalue weighted by molar-refractivity contribution is 0.647. The summed E-state index contributed by atoms with van der Waals surface area (Å²) in [6.45, 7) is 0. The minimum absolute atomic E-state index is 0.271. The molecular formula is C8H8F3NS2. The van der Waals surface area contributed by atoms with Crippen molar-refractivity contribution in [3.8, 4) is 0 Å². The van der Waals surface area contributed by atoms with E-state index in [2.05, 4.69) is 22.4 Å². The molecule has 1 nitrogen and oxygen atoms in total. The standard InChI is InChI=1S/C7H5NS.CH3F3S/c9-6-8-7-4-2-1-3-5-7;1-5(2,3)4/h1-5H;1H3. The Bertz CT molecular complexity index is 298. The Kier molecular flexibility index (Phi) is 6.19. The van der Waals surface area contributed by atoms with E-state index in [-0.39, 0.29) is 6.26 Å². The number of hydrogen-bond acceptors (Lipinski definition) is 2. The molecule has 0 fully saturated rings. The van der Waals surface area contributed by atoms with Gasteiger partial charge >= 0.3 is 0 Å². The Labute approximate surface area is 87.9 Å². The third-order valence-corrected chi connectivity index (χ3v) is 1.02. The minimum atomic E-state index is -4.67. The van der Waals surface area contributed by atoms with E-state index in [1.54, 1.807) is 0 Å². The molecule has 0 aliphatic carbocycles. The average Bonchev–Trinajstić information content (AvgIpc) is 2.03. The van der Waals surface area contributed by atoms with E-state index in [0.717, 1.165) is 5.69 Å². The zero-order valence-electron chi connectivity index (χ0n) is 7.28. The molecular weight excluding hydrogens is 231 g/mol. The molecule has 0 aliphatic rings. The van der Waals surface area contributed by atoms with Gasteiger partial charge in [0.05, 0.1) is 10.8 Å². The molecule has 6 heteroatoms. The number of aliphatic imine (C=N–C) groups is 1. The van der Waals surface area contributed by atoms with Crippen LogP contribution in [0.25, 0.3) is 0 Å². The summed E-state index contributed by atoms with van der Waals surface area (Å²) in [5.74, 6) is 0. The van der Waals surface area contributed by atoms with E-state index in [1.807, 2.05) is 30.3 Å². The molecule has 0 unspecified atom stereocenters. The Hall–Kier alpha value is -0.840. The molecule has 0 amide bonds. The maximum Gasteiger partial charge on any atom is 0.206 e. The van der Waals surface area contributed by atoms with Crippen LogP contribution in [0.3, 0.4) is 0 Å². The molecule has 0 atom stereocenters. The van der Waals surface area contributed by atoms with Gasteiger partial charge in [0, 0.05) is 6.26 Å². The molecule has 14 heavy (non-hydrogen) atoms. The van der Waals surface area contributed by atoms with Gasteiger partial charge < -0.3 is 0 Å². The van der Waals surface area contributed by atoms with E-state index >= 15 is 0 Å². The molecule has 1 rings (SSSR count). The van der Waals surface area contributed by atoms with Gasteiger partial charge in [-0.3, -0.25) is 0 Å². The molecule has 0 bridgehead atoms. The fourth-order valence-corrected chi connectivity index (χ4v) is 0.661. The van der Waals surface area contributed by atoms with Crippen LogP contribution in [0, 0.1) is 0 Å². The number of thiocarbonyl (C=S) groups is 1. The fraction of sp³-hybridized carbons (Fsp3) is 0.125.